The average Bonchev–Trinajstić information content (AvgIpc) is 2.27. The molecule has 0 heterocycles. The fraction of sp³-hybridized carbons (Fsp3) is 1.00. The molecule has 1 aliphatic rings. The van der Waals surface area contributed by atoms with Gasteiger partial charge in [0.25, 0.3) is 0 Å². The van der Waals surface area contributed by atoms with E-state index in [1.54, 1.807) is 0 Å². The van der Waals surface area contributed by atoms with Crippen LogP contribution in [0.1, 0.15) is 52.4 Å². The van der Waals surface area contributed by atoms with E-state index in [0.29, 0.717) is 12.6 Å². The molecule has 0 saturated heterocycles. The van der Waals surface area contributed by atoms with Gasteiger partial charge in [-0.2, -0.15) is 0 Å². The Morgan fingerprint density at radius 1 is 1.33 bits per heavy atom. The number of aliphatic hydroxyl groups excluding tert-OH is 1. The number of rotatable bonds is 6. The van der Waals surface area contributed by atoms with Gasteiger partial charge < -0.3 is 10.4 Å². The Balaban J connectivity index is 2.14. The lowest BCUT2D eigenvalue weighted by Gasteiger charge is -2.29. The van der Waals surface area contributed by atoms with Crippen LogP contribution in [0.2, 0.25) is 0 Å². The highest BCUT2D eigenvalue weighted by Crippen LogP contribution is 2.30. The Morgan fingerprint density at radius 2 is 2.07 bits per heavy atom. The summed E-state index contributed by atoms with van der Waals surface area (Å²) >= 11 is 0. The number of aliphatic hydroxyl groups is 1. The van der Waals surface area contributed by atoms with Crippen molar-refractivity contribution in [3.05, 3.63) is 0 Å². The fourth-order valence-electron chi connectivity index (χ4n) is 2.62. The van der Waals surface area contributed by atoms with Crippen molar-refractivity contribution >= 4 is 0 Å². The van der Waals surface area contributed by atoms with Crippen molar-refractivity contribution < 1.29 is 5.11 Å². The van der Waals surface area contributed by atoms with Crippen molar-refractivity contribution in [3.63, 3.8) is 0 Å². The molecule has 0 aliphatic heterocycles. The molecule has 15 heavy (non-hydrogen) atoms. The van der Waals surface area contributed by atoms with Crippen LogP contribution >= 0.6 is 0 Å². The Labute approximate surface area is 94.5 Å². The summed E-state index contributed by atoms with van der Waals surface area (Å²) in [7, 11) is 0. The smallest absolute Gasteiger partial charge is 0.0445 e. The Morgan fingerprint density at radius 3 is 2.73 bits per heavy atom. The second kappa shape index (κ2) is 7.24. The van der Waals surface area contributed by atoms with Crippen LogP contribution < -0.4 is 5.32 Å². The number of nitrogens with one attached hydrogen (secondary N) is 1. The van der Waals surface area contributed by atoms with Gasteiger partial charge in [-0.05, 0) is 44.6 Å². The van der Waals surface area contributed by atoms with Gasteiger partial charge in [-0.15, -0.1) is 0 Å². The van der Waals surface area contributed by atoms with Gasteiger partial charge in [-0.1, -0.05) is 26.2 Å². The topological polar surface area (TPSA) is 32.3 Å². The highest BCUT2D eigenvalue weighted by atomic mass is 16.3. The lowest BCUT2D eigenvalue weighted by molar-refractivity contribution is 0.235. The van der Waals surface area contributed by atoms with Gasteiger partial charge in [-0.3, -0.25) is 0 Å². The molecule has 90 valence electrons. The summed E-state index contributed by atoms with van der Waals surface area (Å²) in [5, 5.41) is 12.4. The van der Waals surface area contributed by atoms with Crippen LogP contribution in [0.3, 0.4) is 0 Å². The van der Waals surface area contributed by atoms with Gasteiger partial charge in [0.1, 0.15) is 0 Å². The fourth-order valence-corrected chi connectivity index (χ4v) is 2.62. The molecule has 1 rings (SSSR count). The highest BCUT2D eigenvalue weighted by Gasteiger charge is 2.20. The van der Waals surface area contributed by atoms with Gasteiger partial charge in [0, 0.05) is 12.6 Å². The van der Waals surface area contributed by atoms with Gasteiger partial charge in [0.05, 0.1) is 0 Å². The molecular formula is C13H27NO. The van der Waals surface area contributed by atoms with E-state index < -0.39 is 0 Å². The van der Waals surface area contributed by atoms with Crippen molar-refractivity contribution in [3.8, 4) is 0 Å². The molecule has 0 aromatic carbocycles. The Hall–Kier alpha value is -0.0800. The van der Waals surface area contributed by atoms with Crippen molar-refractivity contribution in [1.82, 2.24) is 5.32 Å². The maximum Gasteiger partial charge on any atom is 0.0445 e. The van der Waals surface area contributed by atoms with Crippen LogP contribution in [0.25, 0.3) is 0 Å². The first-order chi connectivity index (χ1) is 7.26. The predicted molar refractivity (Wildman–Crippen MR) is 64.9 cm³/mol. The second-order valence-corrected chi connectivity index (χ2v) is 5.13. The molecular weight excluding hydrogens is 186 g/mol. The first-order valence-corrected chi connectivity index (χ1v) is 6.60. The van der Waals surface area contributed by atoms with Crippen molar-refractivity contribution in [2.24, 2.45) is 11.8 Å². The van der Waals surface area contributed by atoms with Gasteiger partial charge >= 0.3 is 0 Å². The third kappa shape index (κ3) is 4.98. The van der Waals surface area contributed by atoms with Crippen molar-refractivity contribution in [2.75, 3.05) is 13.2 Å². The zero-order valence-electron chi connectivity index (χ0n) is 10.3. The van der Waals surface area contributed by atoms with Crippen molar-refractivity contribution in [2.45, 2.75) is 58.4 Å². The summed E-state index contributed by atoms with van der Waals surface area (Å²) in [5.41, 5.74) is 0. The van der Waals surface area contributed by atoms with E-state index in [4.69, 9.17) is 5.11 Å². The van der Waals surface area contributed by atoms with Crippen LogP contribution in [0.15, 0.2) is 0 Å². The van der Waals surface area contributed by atoms with Gasteiger partial charge in [0.15, 0.2) is 0 Å². The molecule has 0 aromatic heterocycles. The summed E-state index contributed by atoms with van der Waals surface area (Å²) in [6.07, 6.45) is 7.90. The van der Waals surface area contributed by atoms with Crippen LogP contribution in [0.5, 0.6) is 0 Å². The molecule has 2 unspecified atom stereocenters. The Bertz CT molecular complexity index is 161. The zero-order valence-corrected chi connectivity index (χ0v) is 10.3. The summed E-state index contributed by atoms with van der Waals surface area (Å²) in [6.45, 7) is 5.93. The molecule has 3 atom stereocenters. The van der Waals surface area contributed by atoms with Crippen LogP contribution in [-0.2, 0) is 0 Å². The highest BCUT2D eigenvalue weighted by molar-refractivity contribution is 4.75. The van der Waals surface area contributed by atoms with E-state index >= 15 is 0 Å². The SMILES string of the molecule is CCC1CCCC(CN[C@H](C)CCO)C1. The van der Waals surface area contributed by atoms with Crippen molar-refractivity contribution in [1.29, 1.82) is 0 Å². The summed E-state index contributed by atoms with van der Waals surface area (Å²) in [4.78, 5) is 0. The van der Waals surface area contributed by atoms with E-state index in [1.165, 1.54) is 32.1 Å². The van der Waals surface area contributed by atoms with E-state index in [1.807, 2.05) is 0 Å². The van der Waals surface area contributed by atoms with Crippen LogP contribution in [-0.4, -0.2) is 24.3 Å². The lowest BCUT2D eigenvalue weighted by Crippen LogP contribution is -2.33. The molecule has 0 aromatic rings. The van der Waals surface area contributed by atoms with E-state index in [0.717, 1.165) is 24.8 Å². The molecule has 0 spiro atoms. The molecule has 0 radical (unpaired) electrons. The third-order valence-corrected chi connectivity index (χ3v) is 3.79. The molecule has 2 N–H and O–H groups in total. The minimum absolute atomic E-state index is 0.302. The van der Waals surface area contributed by atoms with Crippen LogP contribution in [0.4, 0.5) is 0 Å². The van der Waals surface area contributed by atoms with E-state index in [-0.39, 0.29) is 0 Å². The van der Waals surface area contributed by atoms with E-state index in [9.17, 15) is 0 Å². The quantitative estimate of drug-likeness (QED) is 0.711. The molecule has 1 aliphatic carbocycles. The predicted octanol–water partition coefficient (Wildman–Crippen LogP) is 2.56. The zero-order chi connectivity index (χ0) is 11.1. The average molecular weight is 213 g/mol. The standard InChI is InChI=1S/C13H27NO/c1-3-12-5-4-6-13(9-12)10-14-11(2)7-8-15/h11-15H,3-10H2,1-2H3/t11-,12?,13?/m1/s1. The number of hydrogen-bond donors (Lipinski definition) is 2. The summed E-state index contributed by atoms with van der Waals surface area (Å²) in [6, 6.07) is 0.469. The van der Waals surface area contributed by atoms with E-state index in [2.05, 4.69) is 19.2 Å². The first kappa shape index (κ1) is 13.0. The molecule has 2 heteroatoms. The monoisotopic (exact) mass is 213 g/mol. The molecule has 2 nitrogen and oxygen atoms in total. The largest absolute Gasteiger partial charge is 0.396 e. The molecule has 1 fully saturated rings. The first-order valence-electron chi connectivity index (χ1n) is 6.60. The summed E-state index contributed by atoms with van der Waals surface area (Å²) < 4.78 is 0. The normalized spacial score (nSPS) is 29.0. The maximum atomic E-state index is 8.81. The third-order valence-electron chi connectivity index (χ3n) is 3.79. The minimum Gasteiger partial charge on any atom is -0.396 e. The molecule has 1 saturated carbocycles. The van der Waals surface area contributed by atoms with Gasteiger partial charge in [0.2, 0.25) is 0 Å². The maximum absolute atomic E-state index is 8.81. The Kier molecular flexibility index (Phi) is 6.26. The molecule has 0 amide bonds. The lowest BCUT2D eigenvalue weighted by atomic mass is 9.80. The molecule has 0 bridgehead atoms. The minimum atomic E-state index is 0.302. The van der Waals surface area contributed by atoms with Crippen LogP contribution in [0, 0.1) is 11.8 Å². The van der Waals surface area contributed by atoms with Gasteiger partial charge in [-0.25, -0.2) is 0 Å². The number of hydrogen-bond acceptors (Lipinski definition) is 2. The second-order valence-electron chi connectivity index (χ2n) is 5.13. The summed E-state index contributed by atoms with van der Waals surface area (Å²) in [5.74, 6) is 1.85.